The predicted octanol–water partition coefficient (Wildman–Crippen LogP) is 3.43. The number of aromatic nitrogens is 1. The molecular weight excluding hydrogens is 327 g/mol. The number of nitrogens with zero attached hydrogens (tertiary/aromatic N) is 2. The van der Waals surface area contributed by atoms with E-state index in [-0.39, 0.29) is 14.6 Å². The molecule has 0 amide bonds. The van der Waals surface area contributed by atoms with E-state index in [2.05, 4.69) is 36.8 Å². The first-order valence-electron chi connectivity index (χ1n) is 3.10. The largest absolute Gasteiger partial charge is 0.292 e. The molecule has 1 aromatic heterocycles. The quantitative estimate of drug-likeness (QED) is 0.361. The molecule has 1 aromatic rings. The van der Waals surface area contributed by atoms with Crippen LogP contribution >= 0.6 is 43.5 Å². The minimum absolute atomic E-state index is 0.0665. The lowest BCUT2D eigenvalue weighted by atomic mass is 10.2. The Balaban J connectivity index is 3.26. The highest BCUT2D eigenvalue weighted by Gasteiger charge is 2.19. The van der Waals surface area contributed by atoms with Crippen molar-refractivity contribution in [1.82, 2.24) is 4.98 Å². The van der Waals surface area contributed by atoms with Crippen molar-refractivity contribution in [3.8, 4) is 0 Å². The molecule has 0 aliphatic carbocycles. The predicted molar refractivity (Wildman–Crippen MR) is 56.5 cm³/mol. The van der Waals surface area contributed by atoms with Gasteiger partial charge in [-0.1, -0.05) is 43.5 Å². The average molecular weight is 330 g/mol. The zero-order chi connectivity index (χ0) is 10.0. The molecule has 0 aromatic carbocycles. The van der Waals surface area contributed by atoms with Crippen LogP contribution in [-0.2, 0) is 0 Å². The van der Waals surface area contributed by atoms with Crippen molar-refractivity contribution < 1.29 is 4.92 Å². The molecule has 0 saturated heterocycles. The molecule has 0 atom stereocenters. The third-order valence-corrected chi connectivity index (χ3v) is 2.51. The highest BCUT2D eigenvalue weighted by Crippen LogP contribution is 2.36. The van der Waals surface area contributed by atoms with Crippen molar-refractivity contribution in [2.75, 3.05) is 0 Å². The second-order valence-electron chi connectivity index (χ2n) is 2.12. The number of halogens is 3. The van der Waals surface area contributed by atoms with Crippen LogP contribution in [0.2, 0.25) is 5.15 Å². The lowest BCUT2D eigenvalue weighted by Gasteiger charge is -2.02. The van der Waals surface area contributed by atoms with E-state index < -0.39 is 4.92 Å². The third-order valence-electron chi connectivity index (χ3n) is 1.31. The summed E-state index contributed by atoms with van der Waals surface area (Å²) in [5.41, 5.74) is 0.383. The van der Waals surface area contributed by atoms with Crippen molar-refractivity contribution in [2.24, 2.45) is 0 Å². The van der Waals surface area contributed by atoms with Gasteiger partial charge in [-0.05, 0) is 6.07 Å². The Hall–Kier alpha value is -0.200. The van der Waals surface area contributed by atoms with Gasteiger partial charge in [-0.2, -0.15) is 0 Å². The third kappa shape index (κ3) is 2.62. The van der Waals surface area contributed by atoms with E-state index in [0.29, 0.717) is 5.56 Å². The molecule has 0 bridgehead atoms. The van der Waals surface area contributed by atoms with Crippen LogP contribution in [0.4, 0.5) is 5.69 Å². The molecule has 0 saturated carbocycles. The molecule has 0 unspecified atom stereocenters. The number of hydrogen-bond acceptors (Lipinski definition) is 3. The van der Waals surface area contributed by atoms with Crippen molar-refractivity contribution in [1.29, 1.82) is 0 Å². The van der Waals surface area contributed by atoms with Crippen LogP contribution in [0, 0.1) is 10.1 Å². The van der Waals surface area contributed by atoms with Gasteiger partial charge in [-0.3, -0.25) is 10.1 Å². The van der Waals surface area contributed by atoms with Gasteiger partial charge in [0.05, 0.1) is 10.5 Å². The first-order chi connectivity index (χ1) is 6.02. The monoisotopic (exact) mass is 328 g/mol. The summed E-state index contributed by atoms with van der Waals surface area (Å²) in [5, 5.41) is 10.7. The number of hydrogen-bond donors (Lipinski definition) is 0. The standard InChI is InChI=1S/C6H3Br2ClN2O2/c7-6(8)3-1-5(9)10-2-4(3)11(12)13/h1-2,6H. The molecule has 0 radical (unpaired) electrons. The number of pyridine rings is 1. The molecule has 0 aliphatic heterocycles. The number of nitro groups is 1. The maximum absolute atomic E-state index is 10.5. The molecule has 13 heavy (non-hydrogen) atoms. The fourth-order valence-corrected chi connectivity index (χ4v) is 1.66. The van der Waals surface area contributed by atoms with Crippen LogP contribution in [0.1, 0.15) is 9.30 Å². The Morgan fingerprint density at radius 3 is 2.69 bits per heavy atom. The molecule has 7 heteroatoms. The summed E-state index contributed by atoms with van der Waals surface area (Å²) >= 11 is 11.9. The van der Waals surface area contributed by atoms with Gasteiger partial charge in [0.2, 0.25) is 0 Å². The van der Waals surface area contributed by atoms with Gasteiger partial charge in [-0.15, -0.1) is 0 Å². The van der Waals surface area contributed by atoms with Crippen LogP contribution in [-0.4, -0.2) is 9.91 Å². The second kappa shape index (κ2) is 4.34. The summed E-state index contributed by atoms with van der Waals surface area (Å²) < 4.78 is -0.305. The van der Waals surface area contributed by atoms with E-state index in [1.165, 1.54) is 6.07 Å². The Kier molecular flexibility index (Phi) is 3.63. The Bertz CT molecular complexity index is 345. The van der Waals surface area contributed by atoms with Crippen molar-refractivity contribution in [3.05, 3.63) is 33.1 Å². The van der Waals surface area contributed by atoms with Crippen LogP contribution in [0.5, 0.6) is 0 Å². The summed E-state index contributed by atoms with van der Waals surface area (Å²) in [6, 6.07) is 1.44. The smallest absolute Gasteiger partial charge is 0.258 e. The summed E-state index contributed by atoms with van der Waals surface area (Å²) in [7, 11) is 0. The summed E-state index contributed by atoms with van der Waals surface area (Å²) in [6.07, 6.45) is 1.13. The molecule has 0 fully saturated rings. The van der Waals surface area contributed by atoms with Gasteiger partial charge >= 0.3 is 0 Å². The zero-order valence-electron chi connectivity index (χ0n) is 6.08. The topological polar surface area (TPSA) is 56.0 Å². The average Bonchev–Trinajstić information content (AvgIpc) is 2.03. The van der Waals surface area contributed by atoms with Gasteiger partial charge in [0.15, 0.2) is 0 Å². The van der Waals surface area contributed by atoms with E-state index >= 15 is 0 Å². The Labute approximate surface area is 95.7 Å². The van der Waals surface area contributed by atoms with E-state index in [1.54, 1.807) is 0 Å². The Morgan fingerprint density at radius 2 is 2.23 bits per heavy atom. The first-order valence-corrected chi connectivity index (χ1v) is 5.31. The minimum Gasteiger partial charge on any atom is -0.258 e. The maximum Gasteiger partial charge on any atom is 0.292 e. The second-order valence-corrected chi connectivity index (χ2v) is 5.57. The first kappa shape index (κ1) is 10.9. The van der Waals surface area contributed by atoms with Crippen LogP contribution in [0.25, 0.3) is 0 Å². The van der Waals surface area contributed by atoms with E-state index in [9.17, 15) is 10.1 Å². The minimum atomic E-state index is -0.506. The maximum atomic E-state index is 10.5. The van der Waals surface area contributed by atoms with Crippen LogP contribution in [0.3, 0.4) is 0 Å². The van der Waals surface area contributed by atoms with Gasteiger partial charge in [-0.25, -0.2) is 4.98 Å². The van der Waals surface area contributed by atoms with Gasteiger partial charge in [0.25, 0.3) is 5.69 Å². The molecule has 1 heterocycles. The van der Waals surface area contributed by atoms with Crippen molar-refractivity contribution >= 4 is 49.1 Å². The van der Waals surface area contributed by atoms with Gasteiger partial charge in [0, 0.05) is 0 Å². The van der Waals surface area contributed by atoms with Gasteiger partial charge in [0.1, 0.15) is 15.1 Å². The van der Waals surface area contributed by atoms with E-state index in [1.807, 2.05) is 0 Å². The fourth-order valence-electron chi connectivity index (χ4n) is 0.764. The fraction of sp³-hybridized carbons (Fsp3) is 0.167. The highest BCUT2D eigenvalue weighted by atomic mass is 79.9. The molecule has 0 aliphatic rings. The van der Waals surface area contributed by atoms with Gasteiger partial charge < -0.3 is 0 Å². The molecule has 1 rings (SSSR count). The lowest BCUT2D eigenvalue weighted by molar-refractivity contribution is -0.385. The molecule has 4 nitrogen and oxygen atoms in total. The SMILES string of the molecule is O=[N+]([O-])c1cnc(Cl)cc1C(Br)Br. The zero-order valence-corrected chi connectivity index (χ0v) is 10.0. The lowest BCUT2D eigenvalue weighted by Crippen LogP contribution is -1.95. The highest BCUT2D eigenvalue weighted by molar-refractivity contribution is 9.24. The number of rotatable bonds is 2. The molecule has 70 valence electrons. The van der Waals surface area contributed by atoms with E-state index in [4.69, 9.17) is 11.6 Å². The van der Waals surface area contributed by atoms with E-state index in [0.717, 1.165) is 6.20 Å². The summed E-state index contributed by atoms with van der Waals surface area (Å²) in [6.45, 7) is 0. The Morgan fingerprint density at radius 1 is 1.62 bits per heavy atom. The van der Waals surface area contributed by atoms with Crippen molar-refractivity contribution in [3.63, 3.8) is 0 Å². The summed E-state index contributed by atoms with van der Waals surface area (Å²) in [4.78, 5) is 13.6. The number of alkyl halides is 2. The molecular formula is C6H3Br2ClN2O2. The van der Waals surface area contributed by atoms with Crippen LogP contribution in [0.15, 0.2) is 12.3 Å². The summed E-state index contributed by atoms with van der Waals surface area (Å²) in [5.74, 6) is 0. The normalized spacial score (nSPS) is 10.5. The van der Waals surface area contributed by atoms with Crippen molar-refractivity contribution in [2.45, 2.75) is 3.74 Å². The molecule has 0 spiro atoms. The van der Waals surface area contributed by atoms with Crippen LogP contribution < -0.4 is 0 Å². The molecule has 0 N–H and O–H groups in total.